The van der Waals surface area contributed by atoms with Crippen LogP contribution in [0.2, 0.25) is 0 Å². The summed E-state index contributed by atoms with van der Waals surface area (Å²) in [5.41, 5.74) is 5.50. The summed E-state index contributed by atoms with van der Waals surface area (Å²) in [4.78, 5) is 25.9. The van der Waals surface area contributed by atoms with E-state index in [0.29, 0.717) is 0 Å². The number of fused-ring (bicyclic) bond motifs is 4. The molecule has 8 heteroatoms. The van der Waals surface area contributed by atoms with Crippen LogP contribution in [0.25, 0.3) is 11.3 Å². The number of nitrogens with zero attached hydrogens (tertiary/aromatic N) is 3. The van der Waals surface area contributed by atoms with Gasteiger partial charge in [0.15, 0.2) is 5.78 Å². The Kier molecular flexibility index (Phi) is 7.77. The third-order valence-corrected chi connectivity index (χ3v) is 7.25. The molecule has 3 aromatic carbocycles. The van der Waals surface area contributed by atoms with Gasteiger partial charge in [-0.15, -0.1) is 41.2 Å². The number of anilines is 3. The molecule has 6 rings (SSSR count). The molecule has 0 unspecified atom stereocenters. The van der Waals surface area contributed by atoms with Crippen LogP contribution in [0.3, 0.4) is 0 Å². The molecule has 2 aliphatic heterocycles. The summed E-state index contributed by atoms with van der Waals surface area (Å²) in [6.45, 7) is 2.85. The minimum atomic E-state index is -0.125. The number of benzene rings is 3. The summed E-state index contributed by atoms with van der Waals surface area (Å²) >= 11 is 3.58. The molecule has 0 fully saturated rings. The quantitative estimate of drug-likeness (QED) is 0.117. The van der Waals surface area contributed by atoms with Gasteiger partial charge < -0.3 is 15.0 Å². The molecule has 177 valence electrons. The van der Waals surface area contributed by atoms with Crippen LogP contribution < -0.4 is 4.90 Å². The number of aromatic nitrogens is 2. The molecule has 0 saturated carbocycles. The van der Waals surface area contributed by atoms with Crippen LogP contribution in [0.1, 0.15) is 13.8 Å². The Morgan fingerprint density at radius 3 is 2.20 bits per heavy atom. The summed E-state index contributed by atoms with van der Waals surface area (Å²) in [5, 5.41) is 8.36. The standard InChI is InChI=1S/C22H12N3S2.C5H8O2.Ir/c1-3-7-18-16(5-1)25-17-6-2-4-8-19(17)27-21-12-14(11-20(26-18)22(21)25)15-13-23-9-10-24-15;1-4(6)3-5(2)7;/h1-11,13H;3,6H,1-2H3;/q-1;;/b;4-3-;. The van der Waals surface area contributed by atoms with Gasteiger partial charge in [0.2, 0.25) is 0 Å². The Hall–Kier alpha value is -2.90. The molecule has 35 heavy (non-hydrogen) atoms. The van der Waals surface area contributed by atoms with E-state index in [1.54, 1.807) is 30.4 Å². The fourth-order valence-electron chi connectivity index (χ4n) is 3.82. The van der Waals surface area contributed by atoms with Gasteiger partial charge in [-0.2, -0.15) is 0 Å². The third-order valence-electron chi connectivity index (χ3n) is 5.09. The molecule has 1 N–H and O–H groups in total. The molecule has 0 bridgehead atoms. The van der Waals surface area contributed by atoms with Gasteiger partial charge in [-0.25, -0.2) is 0 Å². The summed E-state index contributed by atoms with van der Waals surface area (Å²) in [6.07, 6.45) is 6.39. The average Bonchev–Trinajstić information content (AvgIpc) is 2.83. The molecular weight excluding hydrogens is 655 g/mol. The Morgan fingerprint density at radius 2 is 1.63 bits per heavy atom. The smallest absolute Gasteiger partial charge is 0.155 e. The first-order valence-corrected chi connectivity index (χ1v) is 12.2. The summed E-state index contributed by atoms with van der Waals surface area (Å²) in [6, 6.07) is 22.9. The Bertz CT molecular complexity index is 1350. The van der Waals surface area contributed by atoms with Crippen LogP contribution >= 0.6 is 23.5 Å². The van der Waals surface area contributed by atoms with Crippen molar-refractivity contribution in [3.8, 4) is 11.3 Å². The topological polar surface area (TPSA) is 66.3 Å². The number of ketones is 1. The number of allylic oxidation sites excluding steroid dienone is 2. The van der Waals surface area contributed by atoms with Gasteiger partial charge in [-0.1, -0.05) is 24.3 Å². The molecule has 1 aromatic heterocycles. The van der Waals surface area contributed by atoms with E-state index in [2.05, 4.69) is 75.5 Å². The van der Waals surface area contributed by atoms with Gasteiger partial charge >= 0.3 is 0 Å². The molecule has 5 nitrogen and oxygen atoms in total. The van der Waals surface area contributed by atoms with Crippen LogP contribution in [-0.2, 0) is 24.9 Å². The number of para-hydroxylation sites is 2. The Labute approximate surface area is 226 Å². The normalized spacial score (nSPS) is 12.7. The molecular formula is C27H20IrN3O2S2-. The summed E-state index contributed by atoms with van der Waals surface area (Å²) < 4.78 is 0. The Balaban J connectivity index is 0.000000320. The second kappa shape index (κ2) is 10.8. The number of aliphatic hydroxyl groups is 1. The van der Waals surface area contributed by atoms with Crippen molar-refractivity contribution in [1.29, 1.82) is 0 Å². The first-order chi connectivity index (χ1) is 16.5. The minimum absolute atomic E-state index is 0. The third kappa shape index (κ3) is 5.21. The van der Waals surface area contributed by atoms with E-state index < -0.39 is 0 Å². The first-order valence-electron chi connectivity index (χ1n) is 10.6. The van der Waals surface area contributed by atoms with E-state index in [1.165, 1.54) is 51.7 Å². The van der Waals surface area contributed by atoms with Crippen molar-refractivity contribution in [2.75, 3.05) is 4.90 Å². The summed E-state index contributed by atoms with van der Waals surface area (Å²) in [7, 11) is 0. The second-order valence-corrected chi connectivity index (χ2v) is 9.82. The molecule has 4 aromatic rings. The van der Waals surface area contributed by atoms with Crippen molar-refractivity contribution < 1.29 is 30.0 Å². The average molecular weight is 675 g/mol. The van der Waals surface area contributed by atoms with Gasteiger partial charge in [-0.3, -0.25) is 9.78 Å². The van der Waals surface area contributed by atoms with Gasteiger partial charge in [-0.05, 0) is 53.6 Å². The molecule has 3 heterocycles. The largest absolute Gasteiger partial charge is 0.512 e. The van der Waals surface area contributed by atoms with Gasteiger partial charge in [0, 0.05) is 60.3 Å². The number of aliphatic hydroxyl groups excluding tert-OH is 1. The van der Waals surface area contributed by atoms with E-state index in [9.17, 15) is 4.79 Å². The molecule has 0 spiro atoms. The van der Waals surface area contributed by atoms with Crippen molar-refractivity contribution in [3.63, 3.8) is 0 Å². The fraction of sp³-hybridized carbons (Fsp3) is 0.0741. The first kappa shape index (κ1) is 25.2. The molecule has 2 aliphatic rings. The van der Waals surface area contributed by atoms with Crippen molar-refractivity contribution in [3.05, 3.63) is 91.1 Å². The number of rotatable bonds is 2. The maximum Gasteiger partial charge on any atom is 0.155 e. The monoisotopic (exact) mass is 675 g/mol. The van der Waals surface area contributed by atoms with Gasteiger partial charge in [0.1, 0.15) is 0 Å². The SMILES string of the molecule is CC(=O)/C=C(/C)O.[Ir].[c-]1c(-c2cnccn2)cc2c3c1Sc1ccccc1N3c1ccccc1S2. The van der Waals surface area contributed by atoms with E-state index in [0.717, 1.165) is 16.2 Å². The zero-order chi connectivity index (χ0) is 23.7. The molecule has 0 saturated heterocycles. The van der Waals surface area contributed by atoms with Crippen molar-refractivity contribution in [2.45, 2.75) is 33.4 Å². The van der Waals surface area contributed by atoms with Crippen LogP contribution in [0.4, 0.5) is 17.1 Å². The molecule has 0 amide bonds. The van der Waals surface area contributed by atoms with E-state index in [-0.39, 0.29) is 31.6 Å². The maximum atomic E-state index is 10.0. The van der Waals surface area contributed by atoms with Crippen molar-refractivity contribution in [1.82, 2.24) is 9.97 Å². The molecule has 1 radical (unpaired) electrons. The summed E-state index contributed by atoms with van der Waals surface area (Å²) in [5.74, 6) is -0.0625. The van der Waals surface area contributed by atoms with Crippen molar-refractivity contribution in [2.24, 2.45) is 0 Å². The van der Waals surface area contributed by atoms with Crippen LogP contribution in [0, 0.1) is 6.07 Å². The van der Waals surface area contributed by atoms with E-state index in [4.69, 9.17) is 5.11 Å². The Morgan fingerprint density at radius 1 is 0.971 bits per heavy atom. The van der Waals surface area contributed by atoms with Crippen LogP contribution in [0.15, 0.2) is 105 Å². The van der Waals surface area contributed by atoms with Crippen LogP contribution in [-0.4, -0.2) is 20.9 Å². The van der Waals surface area contributed by atoms with E-state index >= 15 is 0 Å². The zero-order valence-electron chi connectivity index (χ0n) is 18.9. The maximum absolute atomic E-state index is 10.0. The van der Waals surface area contributed by atoms with E-state index in [1.807, 2.05) is 11.8 Å². The van der Waals surface area contributed by atoms with Gasteiger partial charge in [0.25, 0.3) is 0 Å². The zero-order valence-corrected chi connectivity index (χ0v) is 22.9. The predicted octanol–water partition coefficient (Wildman–Crippen LogP) is 7.38. The number of hydrogen-bond donors (Lipinski definition) is 1. The van der Waals surface area contributed by atoms with Gasteiger partial charge in [0.05, 0.1) is 17.1 Å². The number of hydrogen-bond acceptors (Lipinski definition) is 7. The molecule has 0 aliphatic carbocycles. The fourth-order valence-corrected chi connectivity index (χ4v) is 6.09. The number of carbonyl (C=O) groups is 1. The minimum Gasteiger partial charge on any atom is -0.512 e. The predicted molar refractivity (Wildman–Crippen MR) is 136 cm³/mol. The second-order valence-electron chi connectivity index (χ2n) is 7.69. The van der Waals surface area contributed by atoms with Crippen molar-refractivity contribution >= 4 is 46.4 Å². The number of carbonyl (C=O) groups excluding carboxylic acids is 1. The molecule has 0 atom stereocenters. The van der Waals surface area contributed by atoms with Crippen LogP contribution in [0.5, 0.6) is 0 Å².